The summed E-state index contributed by atoms with van der Waals surface area (Å²) in [4.78, 5) is 12.1. The van der Waals surface area contributed by atoms with Crippen LogP contribution < -0.4 is 10.6 Å². The summed E-state index contributed by atoms with van der Waals surface area (Å²) >= 11 is 0. The van der Waals surface area contributed by atoms with Crippen LogP contribution in [0.25, 0.3) is 0 Å². The number of fused-ring (bicyclic) bond motifs is 1. The molecule has 2 aliphatic heterocycles. The number of carbonyl (C=O) groups excluding carboxylic acids is 1. The molecule has 4 nitrogen and oxygen atoms in total. The van der Waals surface area contributed by atoms with Crippen molar-refractivity contribution in [1.82, 2.24) is 5.32 Å². The number of anilines is 1. The topological polar surface area (TPSA) is 50.4 Å². The lowest BCUT2D eigenvalue weighted by Gasteiger charge is -2.22. The van der Waals surface area contributed by atoms with Gasteiger partial charge in [-0.05, 0) is 55.3 Å². The first-order valence-electron chi connectivity index (χ1n) is 8.12. The zero-order valence-corrected chi connectivity index (χ0v) is 14.0. The highest BCUT2D eigenvalue weighted by atomic mass is 35.5. The number of hydrogen-bond donors (Lipinski definition) is 2. The Bertz CT molecular complexity index is 548. The van der Waals surface area contributed by atoms with E-state index in [0.717, 1.165) is 50.1 Å². The van der Waals surface area contributed by atoms with E-state index < -0.39 is 0 Å². The smallest absolute Gasteiger partial charge is 0.224 e. The lowest BCUT2D eigenvalue weighted by atomic mass is 9.95. The molecule has 0 aromatic heterocycles. The van der Waals surface area contributed by atoms with E-state index in [2.05, 4.69) is 10.6 Å². The second-order valence-corrected chi connectivity index (χ2v) is 6.13. The van der Waals surface area contributed by atoms with Crippen molar-refractivity contribution in [1.29, 1.82) is 0 Å². The number of benzene rings is 1. The number of ether oxygens (including phenoxy) is 1. The first kappa shape index (κ1) is 18.2. The lowest BCUT2D eigenvalue weighted by Crippen LogP contribution is -2.25. The third kappa shape index (κ3) is 4.66. The lowest BCUT2D eigenvalue weighted by molar-refractivity contribution is -0.116. The van der Waals surface area contributed by atoms with Crippen LogP contribution in [0.4, 0.5) is 10.1 Å². The number of halogens is 2. The van der Waals surface area contributed by atoms with Crippen LogP contribution in [-0.2, 0) is 22.5 Å². The van der Waals surface area contributed by atoms with Crippen molar-refractivity contribution in [2.24, 2.45) is 5.92 Å². The molecular weight excluding hydrogens is 319 g/mol. The van der Waals surface area contributed by atoms with Crippen molar-refractivity contribution in [3.05, 3.63) is 29.1 Å². The Morgan fingerprint density at radius 1 is 1.35 bits per heavy atom. The van der Waals surface area contributed by atoms with Gasteiger partial charge in [0.15, 0.2) is 0 Å². The molecule has 0 unspecified atom stereocenters. The molecule has 23 heavy (non-hydrogen) atoms. The van der Waals surface area contributed by atoms with Crippen molar-refractivity contribution in [2.75, 3.05) is 25.1 Å². The molecule has 2 aliphatic rings. The number of carbonyl (C=O) groups is 1. The fraction of sp³-hybridized carbons (Fsp3) is 0.588. The van der Waals surface area contributed by atoms with E-state index in [1.54, 1.807) is 6.07 Å². The molecule has 0 saturated carbocycles. The van der Waals surface area contributed by atoms with Crippen LogP contribution in [0.1, 0.15) is 36.8 Å². The zero-order chi connectivity index (χ0) is 15.4. The molecule has 1 saturated heterocycles. The van der Waals surface area contributed by atoms with E-state index in [-0.39, 0.29) is 24.1 Å². The van der Waals surface area contributed by atoms with Crippen LogP contribution in [0.15, 0.2) is 12.1 Å². The molecule has 128 valence electrons. The maximum Gasteiger partial charge on any atom is 0.224 e. The Balaban J connectivity index is 0.00000192. The standard InChI is InChI=1S/C17H23FN2O2.ClH/c18-17-14-5-8-19-11-13(14)2-3-15(17)20-16(21)4-1-12-6-9-22-10-7-12;/h2-3,12,19H,1,4-11H2,(H,20,21);1H. The van der Waals surface area contributed by atoms with Crippen molar-refractivity contribution < 1.29 is 13.9 Å². The largest absolute Gasteiger partial charge is 0.381 e. The molecule has 0 aliphatic carbocycles. The molecule has 1 aromatic rings. The van der Waals surface area contributed by atoms with Gasteiger partial charge in [-0.2, -0.15) is 0 Å². The first-order chi connectivity index (χ1) is 10.7. The molecule has 3 rings (SSSR count). The highest BCUT2D eigenvalue weighted by Gasteiger charge is 2.19. The third-order valence-corrected chi connectivity index (χ3v) is 4.60. The summed E-state index contributed by atoms with van der Waals surface area (Å²) in [5.41, 5.74) is 2.04. The van der Waals surface area contributed by atoms with Crippen molar-refractivity contribution in [3.8, 4) is 0 Å². The van der Waals surface area contributed by atoms with Crippen LogP contribution >= 0.6 is 12.4 Å². The van der Waals surface area contributed by atoms with E-state index in [9.17, 15) is 9.18 Å². The van der Waals surface area contributed by atoms with Gasteiger partial charge < -0.3 is 15.4 Å². The summed E-state index contributed by atoms with van der Waals surface area (Å²) < 4.78 is 19.8. The van der Waals surface area contributed by atoms with Gasteiger partial charge in [-0.1, -0.05) is 6.07 Å². The number of hydrogen-bond acceptors (Lipinski definition) is 3. The predicted octanol–water partition coefficient (Wildman–Crippen LogP) is 3.04. The number of nitrogens with one attached hydrogen (secondary N) is 2. The normalized spacial score (nSPS) is 18.0. The summed E-state index contributed by atoms with van der Waals surface area (Å²) in [6.45, 7) is 3.06. The third-order valence-electron chi connectivity index (χ3n) is 4.60. The predicted molar refractivity (Wildman–Crippen MR) is 90.5 cm³/mol. The second-order valence-electron chi connectivity index (χ2n) is 6.13. The fourth-order valence-electron chi connectivity index (χ4n) is 3.21. The molecular formula is C17H24ClFN2O2. The quantitative estimate of drug-likeness (QED) is 0.884. The summed E-state index contributed by atoms with van der Waals surface area (Å²) in [5, 5.41) is 5.96. The minimum Gasteiger partial charge on any atom is -0.381 e. The van der Waals surface area contributed by atoms with Crippen molar-refractivity contribution >= 4 is 24.0 Å². The van der Waals surface area contributed by atoms with Crippen LogP contribution in [0.3, 0.4) is 0 Å². The minimum atomic E-state index is -0.265. The van der Waals surface area contributed by atoms with Gasteiger partial charge in [0, 0.05) is 26.2 Å². The van der Waals surface area contributed by atoms with E-state index in [0.29, 0.717) is 31.0 Å². The molecule has 1 amide bonds. The molecule has 0 atom stereocenters. The van der Waals surface area contributed by atoms with Gasteiger partial charge in [0.2, 0.25) is 5.91 Å². The monoisotopic (exact) mass is 342 g/mol. The van der Waals surface area contributed by atoms with E-state index in [1.165, 1.54) is 0 Å². The van der Waals surface area contributed by atoms with Gasteiger partial charge in [-0.15, -0.1) is 12.4 Å². The highest BCUT2D eigenvalue weighted by Crippen LogP contribution is 2.25. The minimum absolute atomic E-state index is 0. The zero-order valence-electron chi connectivity index (χ0n) is 13.2. The molecule has 2 N–H and O–H groups in total. The summed E-state index contributed by atoms with van der Waals surface area (Å²) in [6, 6.07) is 3.58. The molecule has 6 heteroatoms. The molecule has 2 heterocycles. The Morgan fingerprint density at radius 3 is 2.91 bits per heavy atom. The molecule has 0 spiro atoms. The maximum absolute atomic E-state index is 14.5. The fourth-order valence-corrected chi connectivity index (χ4v) is 3.21. The second kappa shape index (κ2) is 8.62. The van der Waals surface area contributed by atoms with Crippen molar-refractivity contribution in [2.45, 2.75) is 38.6 Å². The maximum atomic E-state index is 14.5. The van der Waals surface area contributed by atoms with Crippen molar-refractivity contribution in [3.63, 3.8) is 0 Å². The van der Waals surface area contributed by atoms with Gasteiger partial charge in [0.1, 0.15) is 5.82 Å². The van der Waals surface area contributed by atoms with Gasteiger partial charge in [-0.3, -0.25) is 4.79 Å². The van der Waals surface area contributed by atoms with Gasteiger partial charge >= 0.3 is 0 Å². The van der Waals surface area contributed by atoms with Gasteiger partial charge in [-0.25, -0.2) is 4.39 Å². The summed E-state index contributed by atoms with van der Waals surface area (Å²) in [5.74, 6) is 0.191. The van der Waals surface area contributed by atoms with E-state index >= 15 is 0 Å². The van der Waals surface area contributed by atoms with Gasteiger partial charge in [0.25, 0.3) is 0 Å². The Hall–Kier alpha value is -1.17. The Morgan fingerprint density at radius 2 is 2.13 bits per heavy atom. The average Bonchev–Trinajstić information content (AvgIpc) is 2.57. The highest BCUT2D eigenvalue weighted by molar-refractivity contribution is 5.91. The molecule has 1 aromatic carbocycles. The van der Waals surface area contributed by atoms with Gasteiger partial charge in [0.05, 0.1) is 5.69 Å². The Kier molecular flexibility index (Phi) is 6.81. The molecule has 0 radical (unpaired) electrons. The first-order valence-corrected chi connectivity index (χ1v) is 8.12. The summed E-state index contributed by atoms with van der Waals surface area (Å²) in [7, 11) is 0. The van der Waals surface area contributed by atoms with E-state index in [1.807, 2.05) is 6.07 Å². The average molecular weight is 343 g/mol. The molecule has 0 bridgehead atoms. The van der Waals surface area contributed by atoms with Crippen LogP contribution in [0, 0.1) is 11.7 Å². The Labute approximate surface area is 142 Å². The molecule has 1 fully saturated rings. The van der Waals surface area contributed by atoms with Crippen LogP contribution in [0.2, 0.25) is 0 Å². The van der Waals surface area contributed by atoms with E-state index in [4.69, 9.17) is 4.74 Å². The van der Waals surface area contributed by atoms with Crippen LogP contribution in [0.5, 0.6) is 0 Å². The SMILES string of the molecule is Cl.O=C(CCC1CCOCC1)Nc1ccc2c(c1F)CCNC2. The van der Waals surface area contributed by atoms with Crippen LogP contribution in [-0.4, -0.2) is 25.7 Å². The number of rotatable bonds is 4. The summed E-state index contributed by atoms with van der Waals surface area (Å²) in [6.07, 6.45) is 4.02. The number of amides is 1.